The highest BCUT2D eigenvalue weighted by Crippen LogP contribution is 2.18. The molecule has 3 N–H and O–H groups in total. The van der Waals surface area contributed by atoms with Crippen LogP contribution in [0.25, 0.3) is 0 Å². The molecule has 0 aliphatic heterocycles. The van der Waals surface area contributed by atoms with Gasteiger partial charge in [0.05, 0.1) is 6.04 Å². The molecule has 1 heterocycles. The summed E-state index contributed by atoms with van der Waals surface area (Å²) in [6.07, 6.45) is 3.61. The van der Waals surface area contributed by atoms with Crippen molar-refractivity contribution in [3.05, 3.63) is 16.1 Å². The van der Waals surface area contributed by atoms with Gasteiger partial charge in [-0.1, -0.05) is 13.3 Å². The zero-order valence-electron chi connectivity index (χ0n) is 12.1. The third kappa shape index (κ3) is 5.94. The summed E-state index contributed by atoms with van der Waals surface area (Å²) in [6.45, 7) is 9.67. The van der Waals surface area contributed by atoms with E-state index >= 15 is 0 Å². The van der Waals surface area contributed by atoms with E-state index in [0.717, 1.165) is 18.7 Å². The molecule has 3 nitrogen and oxygen atoms in total. The van der Waals surface area contributed by atoms with E-state index in [1.54, 1.807) is 11.3 Å². The molecule has 0 saturated carbocycles. The molecule has 0 aromatic carbocycles. The molecular formula is C14H27N3S. The van der Waals surface area contributed by atoms with E-state index in [2.05, 4.69) is 36.5 Å². The molecule has 0 saturated heterocycles. The molecule has 0 amide bonds. The van der Waals surface area contributed by atoms with E-state index in [9.17, 15) is 0 Å². The van der Waals surface area contributed by atoms with Gasteiger partial charge >= 0.3 is 0 Å². The first-order chi connectivity index (χ1) is 8.49. The predicted octanol–water partition coefficient (Wildman–Crippen LogP) is 3.26. The summed E-state index contributed by atoms with van der Waals surface area (Å²) in [5.74, 6) is 0.701. The fraction of sp³-hybridized carbons (Fsp3) is 0.786. The highest BCUT2D eigenvalue weighted by molar-refractivity contribution is 7.09. The number of hydrogen-bond acceptors (Lipinski definition) is 4. The van der Waals surface area contributed by atoms with Crippen LogP contribution < -0.4 is 11.1 Å². The number of hydrogen-bond donors (Lipinski definition) is 2. The van der Waals surface area contributed by atoms with Gasteiger partial charge in [0.15, 0.2) is 0 Å². The van der Waals surface area contributed by atoms with E-state index in [4.69, 9.17) is 5.73 Å². The van der Waals surface area contributed by atoms with Crippen molar-refractivity contribution in [2.75, 3.05) is 6.54 Å². The van der Waals surface area contributed by atoms with Crippen LogP contribution in [0.5, 0.6) is 0 Å². The van der Waals surface area contributed by atoms with Crippen molar-refractivity contribution in [1.82, 2.24) is 10.3 Å². The zero-order valence-corrected chi connectivity index (χ0v) is 12.9. The van der Waals surface area contributed by atoms with Crippen molar-refractivity contribution >= 4 is 11.3 Å². The molecule has 104 valence electrons. The molecule has 1 aromatic rings. The molecule has 18 heavy (non-hydrogen) atoms. The zero-order chi connectivity index (χ0) is 13.5. The second-order valence-electron chi connectivity index (χ2n) is 5.47. The highest BCUT2D eigenvalue weighted by Gasteiger charge is 2.10. The van der Waals surface area contributed by atoms with Gasteiger partial charge in [-0.05, 0) is 46.1 Å². The fourth-order valence-electron chi connectivity index (χ4n) is 1.93. The van der Waals surface area contributed by atoms with Crippen LogP contribution in [0, 0.1) is 12.8 Å². The summed E-state index contributed by atoms with van der Waals surface area (Å²) in [4.78, 5) is 4.51. The number of aryl methyl sites for hydroxylation is 1. The Morgan fingerprint density at radius 2 is 2.06 bits per heavy atom. The Morgan fingerprint density at radius 1 is 1.33 bits per heavy atom. The molecule has 1 rings (SSSR count). The van der Waals surface area contributed by atoms with Crippen LogP contribution in [-0.4, -0.2) is 17.6 Å². The smallest absolute Gasteiger partial charge is 0.110 e. The average molecular weight is 269 g/mol. The maximum absolute atomic E-state index is 5.76. The van der Waals surface area contributed by atoms with Crippen molar-refractivity contribution in [3.63, 3.8) is 0 Å². The first-order valence-electron chi connectivity index (χ1n) is 6.90. The van der Waals surface area contributed by atoms with Crippen LogP contribution in [0.4, 0.5) is 0 Å². The quantitative estimate of drug-likeness (QED) is 0.761. The summed E-state index contributed by atoms with van der Waals surface area (Å²) in [5.41, 5.74) is 6.88. The molecule has 3 unspecified atom stereocenters. The summed E-state index contributed by atoms with van der Waals surface area (Å²) in [6, 6.07) is 0.696. The molecule has 3 atom stereocenters. The minimum absolute atomic E-state index is 0.336. The maximum atomic E-state index is 5.76. The molecule has 0 aliphatic rings. The summed E-state index contributed by atoms with van der Waals surface area (Å²) in [7, 11) is 0. The van der Waals surface area contributed by atoms with E-state index in [1.807, 2.05) is 6.92 Å². The minimum atomic E-state index is 0.336. The molecule has 0 spiro atoms. The standard InChI is InChI=1S/C14H27N3S/c1-10(6-5-7-11(2)15)8-16-13(4)14-17-12(3)9-18-14/h9-11,13,16H,5-8,15H2,1-4H3. The van der Waals surface area contributed by atoms with E-state index < -0.39 is 0 Å². The van der Waals surface area contributed by atoms with Crippen LogP contribution in [0.1, 0.15) is 56.8 Å². The Balaban J connectivity index is 2.19. The Labute approximate surface area is 115 Å². The minimum Gasteiger partial charge on any atom is -0.328 e. The normalized spacial score (nSPS) is 16.5. The van der Waals surface area contributed by atoms with Gasteiger partial charge < -0.3 is 11.1 Å². The molecule has 0 fully saturated rings. The third-order valence-electron chi connectivity index (χ3n) is 3.14. The topological polar surface area (TPSA) is 50.9 Å². The lowest BCUT2D eigenvalue weighted by Gasteiger charge is -2.16. The van der Waals surface area contributed by atoms with Crippen molar-refractivity contribution in [2.45, 2.75) is 59.0 Å². The highest BCUT2D eigenvalue weighted by atomic mass is 32.1. The molecule has 1 aromatic heterocycles. The van der Waals surface area contributed by atoms with Gasteiger partial charge in [0.1, 0.15) is 5.01 Å². The first-order valence-corrected chi connectivity index (χ1v) is 7.78. The molecular weight excluding hydrogens is 242 g/mol. The van der Waals surface area contributed by atoms with E-state index in [1.165, 1.54) is 17.8 Å². The van der Waals surface area contributed by atoms with Crippen molar-refractivity contribution in [1.29, 1.82) is 0 Å². The van der Waals surface area contributed by atoms with Crippen molar-refractivity contribution < 1.29 is 0 Å². The second kappa shape index (κ2) is 7.87. The summed E-state index contributed by atoms with van der Waals surface area (Å²) < 4.78 is 0. The maximum Gasteiger partial charge on any atom is 0.110 e. The van der Waals surface area contributed by atoms with Crippen LogP contribution in [-0.2, 0) is 0 Å². The van der Waals surface area contributed by atoms with Crippen LogP contribution >= 0.6 is 11.3 Å². The lowest BCUT2D eigenvalue weighted by molar-refractivity contribution is 0.424. The molecule has 0 bridgehead atoms. The Bertz CT molecular complexity index is 336. The van der Waals surface area contributed by atoms with Gasteiger partial charge in [-0.25, -0.2) is 4.98 Å². The largest absolute Gasteiger partial charge is 0.328 e. The molecule has 0 aliphatic carbocycles. The summed E-state index contributed by atoms with van der Waals surface area (Å²) >= 11 is 1.74. The van der Waals surface area contributed by atoms with Gasteiger partial charge in [0, 0.05) is 17.1 Å². The first kappa shape index (κ1) is 15.6. The second-order valence-corrected chi connectivity index (χ2v) is 6.36. The van der Waals surface area contributed by atoms with Crippen molar-refractivity contribution in [2.24, 2.45) is 11.7 Å². The van der Waals surface area contributed by atoms with Crippen LogP contribution in [0.3, 0.4) is 0 Å². The van der Waals surface area contributed by atoms with Gasteiger partial charge in [-0.2, -0.15) is 0 Å². The number of rotatable bonds is 8. The van der Waals surface area contributed by atoms with Gasteiger partial charge in [0.2, 0.25) is 0 Å². The Hall–Kier alpha value is -0.450. The van der Waals surface area contributed by atoms with Crippen molar-refractivity contribution in [3.8, 4) is 0 Å². The summed E-state index contributed by atoms with van der Waals surface area (Å²) in [5, 5.41) is 6.87. The van der Waals surface area contributed by atoms with E-state index in [-0.39, 0.29) is 0 Å². The number of thiazole rings is 1. The lowest BCUT2D eigenvalue weighted by atomic mass is 10.0. The SMILES string of the molecule is Cc1csc(C(C)NCC(C)CCCC(C)N)n1. The predicted molar refractivity (Wildman–Crippen MR) is 79.9 cm³/mol. The number of nitrogens with zero attached hydrogens (tertiary/aromatic N) is 1. The number of aromatic nitrogens is 1. The van der Waals surface area contributed by atoms with Crippen LogP contribution in [0.2, 0.25) is 0 Å². The monoisotopic (exact) mass is 269 g/mol. The number of nitrogens with one attached hydrogen (secondary N) is 1. The van der Waals surface area contributed by atoms with Crippen LogP contribution in [0.15, 0.2) is 5.38 Å². The van der Waals surface area contributed by atoms with E-state index in [0.29, 0.717) is 18.0 Å². The third-order valence-corrected chi connectivity index (χ3v) is 4.28. The fourth-order valence-corrected chi connectivity index (χ4v) is 2.75. The Kier molecular flexibility index (Phi) is 6.82. The van der Waals surface area contributed by atoms with Gasteiger partial charge in [-0.3, -0.25) is 0 Å². The average Bonchev–Trinajstić information content (AvgIpc) is 2.72. The Morgan fingerprint density at radius 3 is 2.61 bits per heavy atom. The number of nitrogens with two attached hydrogens (primary N) is 1. The van der Waals surface area contributed by atoms with Gasteiger partial charge in [-0.15, -0.1) is 11.3 Å². The van der Waals surface area contributed by atoms with Gasteiger partial charge in [0.25, 0.3) is 0 Å². The molecule has 4 heteroatoms. The molecule has 0 radical (unpaired) electrons. The lowest BCUT2D eigenvalue weighted by Crippen LogP contribution is -2.24.